The summed E-state index contributed by atoms with van der Waals surface area (Å²) in [6.07, 6.45) is 8.53. The van der Waals surface area contributed by atoms with Crippen LogP contribution >= 0.6 is 0 Å². The Labute approximate surface area is 89.6 Å². The van der Waals surface area contributed by atoms with Crippen molar-refractivity contribution >= 4 is 5.97 Å². The zero-order valence-corrected chi connectivity index (χ0v) is 9.30. The predicted molar refractivity (Wildman–Crippen MR) is 57.3 cm³/mol. The Morgan fingerprint density at radius 2 is 2.33 bits per heavy atom. The summed E-state index contributed by atoms with van der Waals surface area (Å²) in [5, 5.41) is 0. The minimum absolute atomic E-state index is 0.275. The van der Waals surface area contributed by atoms with Gasteiger partial charge in [0.15, 0.2) is 0 Å². The predicted octanol–water partition coefficient (Wildman–Crippen LogP) is 1.74. The van der Waals surface area contributed by atoms with Gasteiger partial charge in [-0.25, -0.2) is 9.78 Å². The third-order valence-corrected chi connectivity index (χ3v) is 2.08. The van der Waals surface area contributed by atoms with Crippen LogP contribution in [0.4, 0.5) is 0 Å². The zero-order valence-electron chi connectivity index (χ0n) is 9.30. The number of imidazole rings is 1. The average Bonchev–Trinajstić information content (AvgIpc) is 2.69. The Morgan fingerprint density at radius 3 is 2.87 bits per heavy atom. The number of aromatic nitrogens is 2. The van der Waals surface area contributed by atoms with Gasteiger partial charge >= 0.3 is 5.97 Å². The molecule has 4 nitrogen and oxygen atoms in total. The molecule has 0 unspecified atom stereocenters. The fourth-order valence-corrected chi connectivity index (χ4v) is 1.15. The standard InChI is InChI=1S/C11H16N2O2/c1-4-15-10(14)5-6-11(2,3)13-8-7-12-9-13/h5-9H,4H2,1-3H3/b6-5+. The van der Waals surface area contributed by atoms with Crippen LogP contribution in [-0.2, 0) is 15.1 Å². The molecule has 0 aromatic carbocycles. The first kappa shape index (κ1) is 11.5. The second kappa shape index (κ2) is 4.77. The summed E-state index contributed by atoms with van der Waals surface area (Å²) in [5.74, 6) is -0.314. The van der Waals surface area contributed by atoms with Gasteiger partial charge in [-0.05, 0) is 20.8 Å². The highest BCUT2D eigenvalue weighted by Crippen LogP contribution is 2.15. The molecule has 1 heterocycles. The topological polar surface area (TPSA) is 44.1 Å². The molecule has 0 radical (unpaired) electrons. The van der Waals surface area contributed by atoms with Gasteiger partial charge in [0, 0.05) is 18.5 Å². The van der Waals surface area contributed by atoms with Crippen molar-refractivity contribution in [3.63, 3.8) is 0 Å². The first-order chi connectivity index (χ1) is 7.06. The highest BCUT2D eigenvalue weighted by molar-refractivity contribution is 5.82. The number of rotatable bonds is 4. The molecular formula is C11H16N2O2. The van der Waals surface area contributed by atoms with Crippen molar-refractivity contribution in [3.05, 3.63) is 30.9 Å². The van der Waals surface area contributed by atoms with Crippen molar-refractivity contribution in [2.45, 2.75) is 26.3 Å². The third-order valence-electron chi connectivity index (χ3n) is 2.08. The maximum Gasteiger partial charge on any atom is 0.330 e. The minimum Gasteiger partial charge on any atom is -0.463 e. The minimum atomic E-state index is -0.314. The summed E-state index contributed by atoms with van der Waals surface area (Å²) < 4.78 is 6.72. The molecule has 0 amide bonds. The molecule has 0 bridgehead atoms. The Bertz CT molecular complexity index is 339. The highest BCUT2D eigenvalue weighted by atomic mass is 16.5. The summed E-state index contributed by atoms with van der Waals surface area (Å²) >= 11 is 0. The van der Waals surface area contributed by atoms with Gasteiger partial charge in [-0.2, -0.15) is 0 Å². The van der Waals surface area contributed by atoms with Crippen molar-refractivity contribution in [3.8, 4) is 0 Å². The highest BCUT2D eigenvalue weighted by Gasteiger charge is 2.15. The van der Waals surface area contributed by atoms with Crippen molar-refractivity contribution in [2.75, 3.05) is 6.61 Å². The van der Waals surface area contributed by atoms with E-state index < -0.39 is 0 Å². The van der Waals surface area contributed by atoms with Crippen LogP contribution in [0, 0.1) is 0 Å². The van der Waals surface area contributed by atoms with Gasteiger partial charge in [-0.3, -0.25) is 0 Å². The number of hydrogen-bond donors (Lipinski definition) is 0. The number of hydrogen-bond acceptors (Lipinski definition) is 3. The average molecular weight is 208 g/mol. The first-order valence-electron chi connectivity index (χ1n) is 4.90. The molecular weight excluding hydrogens is 192 g/mol. The molecule has 1 rings (SSSR count). The van der Waals surface area contributed by atoms with Crippen LogP contribution in [-0.4, -0.2) is 22.1 Å². The first-order valence-corrected chi connectivity index (χ1v) is 4.90. The summed E-state index contributed by atoms with van der Waals surface area (Å²) in [6.45, 7) is 6.16. The molecule has 82 valence electrons. The van der Waals surface area contributed by atoms with E-state index in [0.717, 1.165) is 0 Å². The van der Waals surface area contributed by atoms with Crippen molar-refractivity contribution in [1.29, 1.82) is 0 Å². The van der Waals surface area contributed by atoms with Crippen LogP contribution in [0.1, 0.15) is 20.8 Å². The van der Waals surface area contributed by atoms with Crippen LogP contribution in [0.25, 0.3) is 0 Å². The number of allylic oxidation sites excluding steroid dienone is 1. The number of esters is 1. The van der Waals surface area contributed by atoms with E-state index in [-0.39, 0.29) is 11.5 Å². The lowest BCUT2D eigenvalue weighted by atomic mass is 10.1. The molecule has 15 heavy (non-hydrogen) atoms. The lowest BCUT2D eigenvalue weighted by molar-refractivity contribution is -0.137. The molecule has 0 aliphatic heterocycles. The van der Waals surface area contributed by atoms with Crippen LogP contribution < -0.4 is 0 Å². The molecule has 0 N–H and O–H groups in total. The van der Waals surface area contributed by atoms with E-state index in [2.05, 4.69) is 4.98 Å². The Morgan fingerprint density at radius 1 is 1.60 bits per heavy atom. The molecule has 4 heteroatoms. The van der Waals surface area contributed by atoms with Gasteiger partial charge in [0.05, 0.1) is 18.5 Å². The van der Waals surface area contributed by atoms with Crippen LogP contribution in [0.2, 0.25) is 0 Å². The van der Waals surface area contributed by atoms with Crippen molar-refractivity contribution < 1.29 is 9.53 Å². The van der Waals surface area contributed by atoms with Gasteiger partial charge in [0.25, 0.3) is 0 Å². The zero-order chi connectivity index (χ0) is 11.3. The number of carbonyl (C=O) groups excluding carboxylic acids is 1. The monoisotopic (exact) mass is 208 g/mol. The number of ether oxygens (including phenoxy) is 1. The van der Waals surface area contributed by atoms with E-state index in [0.29, 0.717) is 6.61 Å². The lowest BCUT2D eigenvalue weighted by Gasteiger charge is -2.21. The van der Waals surface area contributed by atoms with Crippen molar-refractivity contribution in [1.82, 2.24) is 9.55 Å². The summed E-state index contributed by atoms with van der Waals surface area (Å²) in [4.78, 5) is 15.1. The van der Waals surface area contributed by atoms with Crippen LogP contribution in [0.3, 0.4) is 0 Å². The van der Waals surface area contributed by atoms with Crippen LogP contribution in [0.5, 0.6) is 0 Å². The fourth-order valence-electron chi connectivity index (χ4n) is 1.15. The van der Waals surface area contributed by atoms with E-state index in [1.165, 1.54) is 6.08 Å². The molecule has 0 spiro atoms. The van der Waals surface area contributed by atoms with Crippen molar-refractivity contribution in [2.24, 2.45) is 0 Å². The van der Waals surface area contributed by atoms with E-state index in [1.807, 2.05) is 24.6 Å². The third kappa shape index (κ3) is 3.23. The summed E-state index contributed by atoms with van der Waals surface area (Å²) in [7, 11) is 0. The Balaban J connectivity index is 2.68. The van der Waals surface area contributed by atoms with E-state index >= 15 is 0 Å². The molecule has 0 aliphatic rings. The smallest absolute Gasteiger partial charge is 0.330 e. The second-order valence-electron chi connectivity index (χ2n) is 3.71. The molecule has 0 atom stereocenters. The van der Waals surface area contributed by atoms with Gasteiger partial charge in [-0.15, -0.1) is 0 Å². The molecule has 1 aromatic heterocycles. The molecule has 0 aliphatic carbocycles. The van der Waals surface area contributed by atoms with Gasteiger partial charge in [0.1, 0.15) is 0 Å². The Kier molecular flexibility index (Phi) is 3.66. The lowest BCUT2D eigenvalue weighted by Crippen LogP contribution is -2.22. The van der Waals surface area contributed by atoms with Crippen LogP contribution in [0.15, 0.2) is 30.9 Å². The largest absolute Gasteiger partial charge is 0.463 e. The van der Waals surface area contributed by atoms with E-state index in [1.54, 1.807) is 25.5 Å². The van der Waals surface area contributed by atoms with E-state index in [4.69, 9.17) is 4.74 Å². The van der Waals surface area contributed by atoms with Gasteiger partial charge in [-0.1, -0.05) is 6.08 Å². The molecule has 0 fully saturated rings. The molecule has 1 aromatic rings. The molecule has 0 saturated heterocycles. The molecule has 0 saturated carbocycles. The van der Waals surface area contributed by atoms with Gasteiger partial charge < -0.3 is 9.30 Å². The van der Waals surface area contributed by atoms with Gasteiger partial charge in [0.2, 0.25) is 0 Å². The SMILES string of the molecule is CCOC(=O)/C=C/C(C)(C)n1ccnc1. The quantitative estimate of drug-likeness (QED) is 0.559. The number of carbonyl (C=O) groups is 1. The van der Waals surface area contributed by atoms with E-state index in [9.17, 15) is 4.79 Å². The second-order valence-corrected chi connectivity index (χ2v) is 3.71. The Hall–Kier alpha value is -1.58. The summed E-state index contributed by atoms with van der Waals surface area (Å²) in [5.41, 5.74) is -0.275. The normalized spacial score (nSPS) is 11.9. The number of nitrogens with zero attached hydrogens (tertiary/aromatic N) is 2. The fraction of sp³-hybridized carbons (Fsp3) is 0.455. The maximum atomic E-state index is 11.1. The summed E-state index contributed by atoms with van der Waals surface area (Å²) in [6, 6.07) is 0. The maximum absolute atomic E-state index is 11.1.